The van der Waals surface area contributed by atoms with Crippen molar-refractivity contribution < 1.29 is 14.3 Å². The van der Waals surface area contributed by atoms with Gasteiger partial charge in [0, 0.05) is 12.2 Å². The molecule has 1 rings (SSSR count). The van der Waals surface area contributed by atoms with Crippen LogP contribution in [0.1, 0.15) is 27.9 Å². The topological polar surface area (TPSA) is 37.3 Å². The van der Waals surface area contributed by atoms with Crippen molar-refractivity contribution >= 4 is 6.29 Å². The van der Waals surface area contributed by atoms with Gasteiger partial charge in [0.1, 0.15) is 12.1 Å². The van der Waals surface area contributed by atoms with E-state index in [0.717, 1.165) is 5.56 Å². The predicted molar refractivity (Wildman–Crippen MR) is 51.9 cm³/mol. The number of rotatable bonds is 4. The molecule has 0 atom stereocenters. The van der Waals surface area contributed by atoms with E-state index in [1.54, 1.807) is 13.0 Å². The first kappa shape index (κ1) is 10.9. The van der Waals surface area contributed by atoms with Crippen LogP contribution in [0.2, 0.25) is 0 Å². The number of aliphatic hydroxyl groups is 1. The fourth-order valence-corrected chi connectivity index (χ4v) is 1.35. The third-order valence-electron chi connectivity index (χ3n) is 2.15. The van der Waals surface area contributed by atoms with E-state index in [4.69, 9.17) is 5.11 Å². The van der Waals surface area contributed by atoms with Crippen molar-refractivity contribution in [3.05, 3.63) is 34.6 Å². The van der Waals surface area contributed by atoms with Gasteiger partial charge in [0.05, 0.1) is 0 Å². The van der Waals surface area contributed by atoms with Crippen LogP contribution in [0.5, 0.6) is 0 Å². The highest BCUT2D eigenvalue weighted by Crippen LogP contribution is 2.15. The van der Waals surface area contributed by atoms with E-state index in [9.17, 15) is 9.18 Å². The van der Waals surface area contributed by atoms with Gasteiger partial charge in [-0.05, 0) is 37.0 Å². The Morgan fingerprint density at radius 2 is 2.21 bits per heavy atom. The van der Waals surface area contributed by atoms with E-state index >= 15 is 0 Å². The second-order valence-corrected chi connectivity index (χ2v) is 3.25. The molecule has 1 aromatic rings. The summed E-state index contributed by atoms with van der Waals surface area (Å²) >= 11 is 0. The Hall–Kier alpha value is -1.22. The van der Waals surface area contributed by atoms with Gasteiger partial charge in [-0.1, -0.05) is 6.07 Å². The summed E-state index contributed by atoms with van der Waals surface area (Å²) in [4.78, 5) is 10.6. The summed E-state index contributed by atoms with van der Waals surface area (Å²) in [5, 5.41) is 8.65. The highest BCUT2D eigenvalue weighted by molar-refractivity contribution is 5.77. The Balaban J connectivity index is 3.00. The zero-order valence-corrected chi connectivity index (χ0v) is 8.09. The molecule has 0 amide bonds. The monoisotopic (exact) mass is 196 g/mol. The third-order valence-corrected chi connectivity index (χ3v) is 2.15. The lowest BCUT2D eigenvalue weighted by atomic mass is 10.0. The fraction of sp³-hybridized carbons (Fsp3) is 0.364. The van der Waals surface area contributed by atoms with E-state index < -0.39 is 0 Å². The highest BCUT2D eigenvalue weighted by Gasteiger charge is 2.06. The number of hydrogen-bond acceptors (Lipinski definition) is 2. The molecule has 14 heavy (non-hydrogen) atoms. The molecule has 76 valence electrons. The molecule has 0 aliphatic carbocycles. The Bertz CT molecular complexity index is 334. The first-order valence-electron chi connectivity index (χ1n) is 4.54. The Morgan fingerprint density at radius 3 is 2.79 bits per heavy atom. The Kier molecular flexibility index (Phi) is 3.77. The number of hydrogen-bond donors (Lipinski definition) is 1. The van der Waals surface area contributed by atoms with E-state index in [2.05, 4.69) is 0 Å². The van der Waals surface area contributed by atoms with Gasteiger partial charge >= 0.3 is 0 Å². The summed E-state index contributed by atoms with van der Waals surface area (Å²) < 4.78 is 13.1. The van der Waals surface area contributed by atoms with Crippen molar-refractivity contribution in [3.63, 3.8) is 0 Å². The van der Waals surface area contributed by atoms with Crippen LogP contribution in [0.15, 0.2) is 12.1 Å². The van der Waals surface area contributed by atoms with Gasteiger partial charge in [0.15, 0.2) is 0 Å². The molecule has 0 aliphatic heterocycles. The molecule has 0 spiro atoms. The maximum atomic E-state index is 13.1. The minimum absolute atomic E-state index is 0.0781. The van der Waals surface area contributed by atoms with Gasteiger partial charge in [0.2, 0.25) is 0 Å². The number of carbonyl (C=O) groups excluding carboxylic acids is 1. The fourth-order valence-electron chi connectivity index (χ4n) is 1.35. The number of aldehydes is 1. The van der Waals surface area contributed by atoms with Crippen molar-refractivity contribution in [1.82, 2.24) is 0 Å². The number of carbonyl (C=O) groups is 1. The van der Waals surface area contributed by atoms with Crippen LogP contribution in [-0.2, 0) is 6.42 Å². The molecule has 0 saturated heterocycles. The van der Waals surface area contributed by atoms with Crippen molar-refractivity contribution in [2.45, 2.75) is 19.8 Å². The van der Waals surface area contributed by atoms with Gasteiger partial charge in [-0.15, -0.1) is 0 Å². The Morgan fingerprint density at radius 1 is 1.50 bits per heavy atom. The van der Waals surface area contributed by atoms with Crippen LogP contribution in [0.25, 0.3) is 0 Å². The summed E-state index contributed by atoms with van der Waals surface area (Å²) in [7, 11) is 0. The van der Waals surface area contributed by atoms with Crippen LogP contribution >= 0.6 is 0 Å². The molecule has 1 N–H and O–H groups in total. The predicted octanol–water partition coefficient (Wildman–Crippen LogP) is 1.87. The number of benzene rings is 1. The number of halogens is 1. The van der Waals surface area contributed by atoms with Crippen LogP contribution in [-0.4, -0.2) is 18.0 Å². The minimum atomic E-state index is -0.361. The second-order valence-electron chi connectivity index (χ2n) is 3.25. The number of aliphatic hydroxyl groups excluding tert-OH is 1. The average Bonchev–Trinajstić information content (AvgIpc) is 2.19. The molecule has 0 radical (unpaired) electrons. The Labute approximate surface area is 82.4 Å². The smallest absolute Gasteiger partial charge is 0.150 e. The zero-order chi connectivity index (χ0) is 10.6. The lowest BCUT2D eigenvalue weighted by Gasteiger charge is -2.06. The van der Waals surface area contributed by atoms with Crippen molar-refractivity contribution in [2.24, 2.45) is 0 Å². The quantitative estimate of drug-likeness (QED) is 0.746. The summed E-state index contributed by atoms with van der Waals surface area (Å²) in [6, 6.07) is 2.91. The third kappa shape index (κ3) is 2.39. The molecule has 0 saturated carbocycles. The summed E-state index contributed by atoms with van der Waals surface area (Å²) in [5.74, 6) is -0.361. The normalized spacial score (nSPS) is 10.2. The standard InChI is InChI=1S/C11H13FO2/c1-8-5-9(3-2-4-13)10(7-14)6-11(8)12/h5-7,13H,2-4H2,1H3. The molecule has 0 heterocycles. The van der Waals surface area contributed by atoms with Gasteiger partial charge in [-0.3, -0.25) is 4.79 Å². The van der Waals surface area contributed by atoms with Gasteiger partial charge < -0.3 is 5.11 Å². The lowest BCUT2D eigenvalue weighted by Crippen LogP contribution is -1.98. The maximum absolute atomic E-state index is 13.1. The first-order chi connectivity index (χ1) is 6.69. The van der Waals surface area contributed by atoms with Crippen LogP contribution in [0, 0.1) is 12.7 Å². The van der Waals surface area contributed by atoms with Crippen LogP contribution < -0.4 is 0 Å². The largest absolute Gasteiger partial charge is 0.396 e. The van der Waals surface area contributed by atoms with E-state index in [0.29, 0.717) is 30.3 Å². The van der Waals surface area contributed by atoms with Gasteiger partial charge in [-0.25, -0.2) is 4.39 Å². The molecule has 0 unspecified atom stereocenters. The van der Waals surface area contributed by atoms with Crippen molar-refractivity contribution in [3.8, 4) is 0 Å². The summed E-state index contributed by atoms with van der Waals surface area (Å²) in [6.45, 7) is 1.74. The molecule has 0 aromatic heterocycles. The van der Waals surface area contributed by atoms with E-state index in [-0.39, 0.29) is 12.4 Å². The SMILES string of the molecule is Cc1cc(CCCO)c(C=O)cc1F. The highest BCUT2D eigenvalue weighted by atomic mass is 19.1. The maximum Gasteiger partial charge on any atom is 0.150 e. The zero-order valence-electron chi connectivity index (χ0n) is 8.09. The van der Waals surface area contributed by atoms with Crippen molar-refractivity contribution in [2.75, 3.05) is 6.61 Å². The molecular weight excluding hydrogens is 183 g/mol. The molecule has 0 fully saturated rings. The number of aryl methyl sites for hydroxylation is 2. The summed E-state index contributed by atoms with van der Waals surface area (Å²) in [5.41, 5.74) is 1.71. The molecule has 2 nitrogen and oxygen atoms in total. The molecule has 3 heteroatoms. The molecule has 0 bridgehead atoms. The van der Waals surface area contributed by atoms with Crippen molar-refractivity contribution in [1.29, 1.82) is 0 Å². The first-order valence-corrected chi connectivity index (χ1v) is 4.54. The van der Waals surface area contributed by atoms with Gasteiger partial charge in [0.25, 0.3) is 0 Å². The second kappa shape index (κ2) is 4.86. The van der Waals surface area contributed by atoms with Crippen LogP contribution in [0.3, 0.4) is 0 Å². The molecule has 0 aliphatic rings. The van der Waals surface area contributed by atoms with E-state index in [1.807, 2.05) is 0 Å². The van der Waals surface area contributed by atoms with Gasteiger partial charge in [-0.2, -0.15) is 0 Å². The van der Waals surface area contributed by atoms with Crippen LogP contribution in [0.4, 0.5) is 4.39 Å². The molecule has 1 aromatic carbocycles. The average molecular weight is 196 g/mol. The lowest BCUT2D eigenvalue weighted by molar-refractivity contribution is 0.112. The van der Waals surface area contributed by atoms with E-state index in [1.165, 1.54) is 6.07 Å². The molecular formula is C11H13FO2. The summed E-state index contributed by atoms with van der Waals surface area (Å²) in [6.07, 6.45) is 1.84. The minimum Gasteiger partial charge on any atom is -0.396 e.